The van der Waals surface area contributed by atoms with E-state index in [1.165, 1.54) is 0 Å². The molecule has 180 valence electrons. The van der Waals surface area contributed by atoms with Gasteiger partial charge in [-0.3, -0.25) is 9.59 Å². The molecule has 11 nitrogen and oxygen atoms in total. The van der Waals surface area contributed by atoms with Gasteiger partial charge in [0.15, 0.2) is 0 Å². The number of hydrogen-bond donors (Lipinski definition) is 5. The number of aryl methyl sites for hydroxylation is 1. The second kappa shape index (κ2) is 13.3. The second-order valence-corrected chi connectivity index (χ2v) is 7.56. The molecule has 11 heteroatoms. The highest BCUT2D eigenvalue weighted by Gasteiger charge is 2.18. The van der Waals surface area contributed by atoms with Crippen LogP contribution in [-0.4, -0.2) is 51.6 Å². The van der Waals surface area contributed by atoms with Gasteiger partial charge in [0.25, 0.3) is 11.7 Å². The quantitative estimate of drug-likeness (QED) is 0.106. The molecule has 0 saturated heterocycles. The van der Waals surface area contributed by atoms with Crippen molar-refractivity contribution in [1.82, 2.24) is 10.7 Å². The van der Waals surface area contributed by atoms with Gasteiger partial charge in [0, 0.05) is 26.8 Å². The summed E-state index contributed by atoms with van der Waals surface area (Å²) in [7, 11) is 5.50. The zero-order valence-corrected chi connectivity index (χ0v) is 19.5. The van der Waals surface area contributed by atoms with Gasteiger partial charge in [-0.2, -0.15) is 5.10 Å². The largest absolute Gasteiger partial charge is 0.386 e. The summed E-state index contributed by atoms with van der Waals surface area (Å²) in [6, 6.07) is 12.4. The van der Waals surface area contributed by atoms with Gasteiger partial charge in [-0.05, 0) is 36.1 Å². The normalized spacial score (nSPS) is 11.7. The highest BCUT2D eigenvalue weighted by Crippen LogP contribution is 2.31. The van der Waals surface area contributed by atoms with Crippen LogP contribution >= 0.6 is 0 Å². The lowest BCUT2D eigenvalue weighted by molar-refractivity contribution is -0.119. The second-order valence-electron chi connectivity index (χ2n) is 7.56. The summed E-state index contributed by atoms with van der Waals surface area (Å²) in [4.78, 5) is 36.9. The van der Waals surface area contributed by atoms with Gasteiger partial charge in [-0.15, -0.1) is 5.11 Å². The molecule has 2 rings (SSSR count). The Morgan fingerprint density at radius 1 is 1.15 bits per heavy atom. The third-order valence-electron chi connectivity index (χ3n) is 5.01. The lowest BCUT2D eigenvalue weighted by atomic mass is 10.0. The summed E-state index contributed by atoms with van der Waals surface area (Å²) in [6.07, 6.45) is 2.05. The minimum absolute atomic E-state index is 0.322. The summed E-state index contributed by atoms with van der Waals surface area (Å²) < 4.78 is 0. The maximum atomic E-state index is 12.5. The van der Waals surface area contributed by atoms with Gasteiger partial charge in [0.1, 0.15) is 6.29 Å². The minimum Gasteiger partial charge on any atom is -0.386 e. The molecule has 2 aromatic rings. The maximum Gasteiger partial charge on any atom is 0.293 e. The molecule has 2 aromatic carbocycles. The molecule has 0 heterocycles. The molecule has 2 amide bonds. The van der Waals surface area contributed by atoms with Crippen LogP contribution in [0.15, 0.2) is 52.7 Å². The molecule has 0 radical (unpaired) electrons. The zero-order valence-electron chi connectivity index (χ0n) is 19.5. The van der Waals surface area contributed by atoms with Crippen molar-refractivity contribution >= 4 is 41.5 Å². The third-order valence-corrected chi connectivity index (χ3v) is 5.01. The van der Waals surface area contributed by atoms with E-state index < -0.39 is 11.9 Å². The standard InChI is InChI=1S/C23H30N8O3/c1-25-19-11-17(21(31(2)3)12-20(19)26-15-33)9-10-18(14-32)28-23(34)22(29-24)30-27-13-16-7-5-4-6-8-16/h4-8,11-12,14-15,18,24-25,27H,9-10,13H2,1-3H3,(H,26,33)(H,28,34)/b29-24?,30-22-/t18-/m0/s1. The highest BCUT2D eigenvalue weighted by molar-refractivity contribution is 6.38. The Labute approximate surface area is 198 Å². The van der Waals surface area contributed by atoms with Crippen molar-refractivity contribution in [2.75, 3.05) is 36.7 Å². The van der Waals surface area contributed by atoms with E-state index in [1.54, 1.807) is 7.05 Å². The zero-order chi connectivity index (χ0) is 24.9. The first-order chi connectivity index (χ1) is 16.4. The van der Waals surface area contributed by atoms with Crippen molar-refractivity contribution in [3.63, 3.8) is 0 Å². The fourth-order valence-electron chi connectivity index (χ4n) is 3.29. The van der Waals surface area contributed by atoms with Gasteiger partial charge in [-0.25, -0.2) is 5.53 Å². The lowest BCUT2D eigenvalue weighted by Crippen LogP contribution is -2.40. The van der Waals surface area contributed by atoms with Gasteiger partial charge >= 0.3 is 0 Å². The summed E-state index contributed by atoms with van der Waals surface area (Å²) >= 11 is 0. The monoisotopic (exact) mass is 466 g/mol. The number of anilines is 3. The van der Waals surface area contributed by atoms with Crippen LogP contribution in [0.25, 0.3) is 0 Å². The van der Waals surface area contributed by atoms with Crippen molar-refractivity contribution in [3.8, 4) is 0 Å². The van der Waals surface area contributed by atoms with Gasteiger partial charge in [0.05, 0.1) is 24.0 Å². The summed E-state index contributed by atoms with van der Waals surface area (Å²) in [5, 5.41) is 15.3. The number of hydrogen-bond acceptors (Lipinski definition) is 8. The summed E-state index contributed by atoms with van der Waals surface area (Å²) in [5.74, 6) is -1.10. The fourth-order valence-corrected chi connectivity index (χ4v) is 3.29. The molecule has 0 spiro atoms. The molecule has 1 atom stereocenters. The number of aldehydes is 1. The molecule has 0 aliphatic heterocycles. The first kappa shape index (κ1) is 26.0. The third kappa shape index (κ3) is 7.40. The number of carbonyl (C=O) groups excluding carboxylic acids is 3. The highest BCUT2D eigenvalue weighted by atomic mass is 16.2. The van der Waals surface area contributed by atoms with Crippen molar-refractivity contribution in [2.45, 2.75) is 25.4 Å². The van der Waals surface area contributed by atoms with Crippen LogP contribution in [0.5, 0.6) is 0 Å². The van der Waals surface area contributed by atoms with E-state index in [9.17, 15) is 14.4 Å². The first-order valence-corrected chi connectivity index (χ1v) is 10.6. The number of amidine groups is 1. The van der Waals surface area contributed by atoms with E-state index in [4.69, 9.17) is 5.53 Å². The predicted octanol–water partition coefficient (Wildman–Crippen LogP) is 2.11. The molecule has 0 aromatic heterocycles. The molecule has 0 saturated carbocycles. The van der Waals surface area contributed by atoms with Crippen LogP contribution in [0, 0.1) is 5.53 Å². The van der Waals surface area contributed by atoms with E-state index in [0.717, 1.165) is 22.5 Å². The summed E-state index contributed by atoms with van der Waals surface area (Å²) in [6.45, 7) is 0.361. The maximum absolute atomic E-state index is 12.5. The number of carbonyl (C=O) groups is 3. The Hall–Kier alpha value is -4.28. The lowest BCUT2D eigenvalue weighted by Gasteiger charge is -2.22. The molecule has 34 heavy (non-hydrogen) atoms. The number of nitrogens with one attached hydrogen (secondary N) is 5. The number of hydrazone groups is 1. The van der Waals surface area contributed by atoms with E-state index in [0.29, 0.717) is 37.8 Å². The van der Waals surface area contributed by atoms with E-state index in [-0.39, 0.29) is 5.84 Å². The van der Waals surface area contributed by atoms with Gasteiger partial charge in [-0.1, -0.05) is 30.3 Å². The average molecular weight is 467 g/mol. The van der Waals surface area contributed by atoms with Crippen LogP contribution in [-0.2, 0) is 27.3 Å². The van der Waals surface area contributed by atoms with Crippen LogP contribution in [0.2, 0.25) is 0 Å². The van der Waals surface area contributed by atoms with Crippen LogP contribution in [0.4, 0.5) is 17.1 Å². The molecule has 0 aliphatic carbocycles. The van der Waals surface area contributed by atoms with E-state index in [1.807, 2.05) is 61.5 Å². The topological polar surface area (TPSA) is 151 Å². The van der Waals surface area contributed by atoms with Crippen LogP contribution < -0.4 is 26.3 Å². The van der Waals surface area contributed by atoms with Crippen molar-refractivity contribution in [1.29, 1.82) is 5.53 Å². The first-order valence-electron chi connectivity index (χ1n) is 10.6. The Morgan fingerprint density at radius 2 is 1.88 bits per heavy atom. The smallest absolute Gasteiger partial charge is 0.293 e. The van der Waals surface area contributed by atoms with Gasteiger partial charge < -0.3 is 31.1 Å². The predicted molar refractivity (Wildman–Crippen MR) is 132 cm³/mol. The summed E-state index contributed by atoms with van der Waals surface area (Å²) in [5.41, 5.74) is 14.1. The van der Waals surface area contributed by atoms with Crippen LogP contribution in [0.3, 0.4) is 0 Å². The Balaban J connectivity index is 2.06. The Morgan fingerprint density at radius 3 is 2.47 bits per heavy atom. The van der Waals surface area contributed by atoms with Crippen LogP contribution in [0.1, 0.15) is 17.5 Å². The molecule has 0 bridgehead atoms. The average Bonchev–Trinajstić information content (AvgIpc) is 2.85. The number of amides is 2. The SMILES string of the molecule is CNc1cc(CC[C@@H](C=O)NC(=O)/C(N=N)=N/NCc2ccccc2)c(N(C)C)cc1NC=O. The molecular weight excluding hydrogens is 436 g/mol. The molecule has 0 aliphatic rings. The van der Waals surface area contributed by atoms with E-state index in [2.05, 4.69) is 31.6 Å². The number of rotatable bonds is 12. The molecule has 0 fully saturated rings. The number of nitrogens with zero attached hydrogens (tertiary/aromatic N) is 3. The minimum atomic E-state index is -0.797. The fraction of sp³-hybridized carbons (Fsp3) is 0.304. The Bertz CT molecular complexity index is 1020. The van der Waals surface area contributed by atoms with Crippen molar-refractivity contribution in [2.24, 2.45) is 10.2 Å². The van der Waals surface area contributed by atoms with E-state index >= 15 is 0 Å². The number of benzene rings is 2. The van der Waals surface area contributed by atoms with Crippen molar-refractivity contribution < 1.29 is 14.4 Å². The molecule has 0 unspecified atom stereocenters. The molecule has 5 N–H and O–H groups in total. The molecular formula is C23H30N8O3. The van der Waals surface area contributed by atoms with Crippen molar-refractivity contribution in [3.05, 3.63) is 53.6 Å². The van der Waals surface area contributed by atoms with Gasteiger partial charge in [0.2, 0.25) is 6.41 Å². The Kier molecular flexibility index (Phi) is 10.2.